The van der Waals surface area contributed by atoms with Gasteiger partial charge in [0.1, 0.15) is 10.7 Å². The number of amides is 1. The highest BCUT2D eigenvalue weighted by molar-refractivity contribution is 7.20. The van der Waals surface area contributed by atoms with Crippen molar-refractivity contribution in [1.29, 1.82) is 0 Å². The molecule has 2 aliphatic carbocycles. The van der Waals surface area contributed by atoms with Gasteiger partial charge < -0.3 is 5.32 Å². The molecule has 0 saturated heterocycles. The third-order valence-electron chi connectivity index (χ3n) is 6.91. The Morgan fingerprint density at radius 3 is 2.92 bits per heavy atom. The van der Waals surface area contributed by atoms with Gasteiger partial charge in [-0.05, 0) is 62.8 Å². The number of carbonyl (C=O) groups excluding carboxylic acids is 1. The van der Waals surface area contributed by atoms with E-state index in [9.17, 15) is 9.59 Å². The summed E-state index contributed by atoms with van der Waals surface area (Å²) in [6.45, 7) is 4.78. The lowest BCUT2D eigenvalue weighted by Crippen LogP contribution is -2.40. The van der Waals surface area contributed by atoms with Crippen LogP contribution in [0.2, 0.25) is 0 Å². The molecule has 5 rings (SSSR count). The van der Waals surface area contributed by atoms with Crippen molar-refractivity contribution in [3.8, 4) is 0 Å². The molecule has 2 bridgehead atoms. The Labute approximate surface area is 156 Å². The standard InChI is InChI=1S/C20H25N3O2S/c1-10-16-19(22-15-4-3-7-23(15)20(16)25)26-17(10)18(24)21-11(2)14-9-12-5-6-13(14)8-12/h11-14H,3-9H2,1-2H3,(H,21,24). The van der Waals surface area contributed by atoms with E-state index in [1.165, 1.54) is 37.0 Å². The number of thiophene rings is 1. The highest BCUT2D eigenvalue weighted by Crippen LogP contribution is 2.49. The SMILES string of the molecule is Cc1c(C(=O)NC(C)C2CC3CCC2C3)sc2nc3n(c(=O)c12)CCC3. The van der Waals surface area contributed by atoms with E-state index in [4.69, 9.17) is 0 Å². The first-order chi connectivity index (χ1) is 12.5. The summed E-state index contributed by atoms with van der Waals surface area (Å²) in [6, 6.07) is 0.196. The van der Waals surface area contributed by atoms with Crippen LogP contribution in [0.15, 0.2) is 4.79 Å². The van der Waals surface area contributed by atoms with E-state index in [-0.39, 0.29) is 17.5 Å². The van der Waals surface area contributed by atoms with Crippen molar-refractivity contribution in [3.05, 3.63) is 26.6 Å². The van der Waals surface area contributed by atoms with Crippen LogP contribution in [-0.2, 0) is 13.0 Å². The smallest absolute Gasteiger partial charge is 0.262 e. The number of aromatic nitrogens is 2. The number of hydrogen-bond acceptors (Lipinski definition) is 4. The average molecular weight is 372 g/mol. The fourth-order valence-electron chi connectivity index (χ4n) is 5.58. The number of hydrogen-bond donors (Lipinski definition) is 1. The van der Waals surface area contributed by atoms with Crippen LogP contribution < -0.4 is 10.9 Å². The third-order valence-corrected chi connectivity index (χ3v) is 8.10. The Hall–Kier alpha value is -1.69. The van der Waals surface area contributed by atoms with Crippen molar-refractivity contribution in [3.63, 3.8) is 0 Å². The van der Waals surface area contributed by atoms with Gasteiger partial charge in [0.05, 0.1) is 10.3 Å². The van der Waals surface area contributed by atoms with Crippen LogP contribution in [0.3, 0.4) is 0 Å². The van der Waals surface area contributed by atoms with Crippen LogP contribution in [-0.4, -0.2) is 21.5 Å². The maximum Gasteiger partial charge on any atom is 0.262 e. The molecule has 3 aliphatic rings. The maximum absolute atomic E-state index is 12.9. The summed E-state index contributed by atoms with van der Waals surface area (Å²) in [5.74, 6) is 3.10. The first kappa shape index (κ1) is 16.5. The van der Waals surface area contributed by atoms with E-state index >= 15 is 0 Å². The van der Waals surface area contributed by atoms with E-state index < -0.39 is 0 Å². The van der Waals surface area contributed by atoms with Crippen LogP contribution in [0.25, 0.3) is 10.2 Å². The van der Waals surface area contributed by atoms with Gasteiger partial charge in [0.15, 0.2) is 0 Å². The lowest BCUT2D eigenvalue weighted by Gasteiger charge is -2.28. The molecule has 0 spiro atoms. The molecule has 0 aromatic carbocycles. The Morgan fingerprint density at radius 1 is 1.35 bits per heavy atom. The normalized spacial score (nSPS) is 27.8. The zero-order chi connectivity index (χ0) is 18.0. The third kappa shape index (κ3) is 2.38. The summed E-state index contributed by atoms with van der Waals surface area (Å²) in [7, 11) is 0. The minimum absolute atomic E-state index is 0.0245. The van der Waals surface area contributed by atoms with Gasteiger partial charge >= 0.3 is 0 Å². The minimum Gasteiger partial charge on any atom is -0.349 e. The molecule has 2 saturated carbocycles. The van der Waals surface area contributed by atoms with Crippen LogP contribution in [0.4, 0.5) is 0 Å². The fourth-order valence-corrected chi connectivity index (χ4v) is 6.67. The molecule has 4 unspecified atom stereocenters. The number of nitrogens with zero attached hydrogens (tertiary/aromatic N) is 2. The molecule has 4 atom stereocenters. The van der Waals surface area contributed by atoms with E-state index in [1.807, 2.05) is 6.92 Å². The van der Waals surface area contributed by atoms with Crippen LogP contribution in [0, 0.1) is 24.7 Å². The summed E-state index contributed by atoms with van der Waals surface area (Å²) >= 11 is 1.38. The molecule has 0 radical (unpaired) electrons. The highest BCUT2D eigenvalue weighted by atomic mass is 32.1. The zero-order valence-corrected chi connectivity index (χ0v) is 16.2. The Balaban J connectivity index is 1.43. The molecule has 1 aliphatic heterocycles. The molecule has 5 nitrogen and oxygen atoms in total. The average Bonchev–Trinajstić information content (AvgIpc) is 3.37. The minimum atomic E-state index is -0.0367. The topological polar surface area (TPSA) is 64.0 Å². The van der Waals surface area contributed by atoms with E-state index in [2.05, 4.69) is 17.2 Å². The van der Waals surface area contributed by atoms with Gasteiger partial charge in [-0.3, -0.25) is 14.2 Å². The second-order valence-corrected chi connectivity index (χ2v) is 9.42. The molecule has 2 aromatic rings. The summed E-state index contributed by atoms with van der Waals surface area (Å²) in [5, 5.41) is 3.87. The van der Waals surface area contributed by atoms with Crippen molar-refractivity contribution in [1.82, 2.24) is 14.9 Å². The van der Waals surface area contributed by atoms with Gasteiger partial charge in [-0.1, -0.05) is 6.42 Å². The Kier molecular flexibility index (Phi) is 3.75. The molecule has 1 N–H and O–H groups in total. The predicted molar refractivity (Wildman–Crippen MR) is 103 cm³/mol. The maximum atomic E-state index is 12.9. The second kappa shape index (κ2) is 5.91. The molecular formula is C20H25N3O2S. The molecule has 3 heterocycles. The van der Waals surface area contributed by atoms with Crippen molar-refractivity contribution in [2.45, 2.75) is 65.0 Å². The molecular weight excluding hydrogens is 346 g/mol. The molecule has 6 heteroatoms. The van der Waals surface area contributed by atoms with Crippen LogP contribution in [0.1, 0.15) is 60.1 Å². The highest BCUT2D eigenvalue weighted by Gasteiger charge is 2.42. The van der Waals surface area contributed by atoms with Gasteiger partial charge in [-0.2, -0.15) is 0 Å². The number of nitrogens with one attached hydrogen (secondary N) is 1. The number of aryl methyl sites for hydroxylation is 2. The predicted octanol–water partition coefficient (Wildman–Crippen LogP) is 3.27. The number of rotatable bonds is 3. The largest absolute Gasteiger partial charge is 0.349 e. The summed E-state index contributed by atoms with van der Waals surface area (Å²) < 4.78 is 1.78. The molecule has 2 aromatic heterocycles. The number of carbonyl (C=O) groups is 1. The van der Waals surface area contributed by atoms with Gasteiger partial charge in [0, 0.05) is 19.0 Å². The van der Waals surface area contributed by atoms with Crippen LogP contribution in [0.5, 0.6) is 0 Å². The van der Waals surface area contributed by atoms with Crippen molar-refractivity contribution >= 4 is 27.5 Å². The zero-order valence-electron chi connectivity index (χ0n) is 15.4. The van der Waals surface area contributed by atoms with E-state index in [0.717, 1.165) is 47.4 Å². The second-order valence-electron chi connectivity index (χ2n) is 8.43. The van der Waals surface area contributed by atoms with E-state index in [1.54, 1.807) is 4.57 Å². The molecule has 1 amide bonds. The fraction of sp³-hybridized carbons (Fsp3) is 0.650. The van der Waals surface area contributed by atoms with Gasteiger partial charge in [0.25, 0.3) is 11.5 Å². The molecule has 138 valence electrons. The van der Waals surface area contributed by atoms with Gasteiger partial charge in [0.2, 0.25) is 0 Å². The van der Waals surface area contributed by atoms with Gasteiger partial charge in [-0.25, -0.2) is 4.98 Å². The first-order valence-electron chi connectivity index (χ1n) is 9.86. The van der Waals surface area contributed by atoms with E-state index in [0.29, 0.717) is 16.2 Å². The summed E-state index contributed by atoms with van der Waals surface area (Å²) in [6.07, 6.45) is 7.13. The molecule has 2 fully saturated rings. The van der Waals surface area contributed by atoms with Crippen molar-refractivity contribution < 1.29 is 4.79 Å². The van der Waals surface area contributed by atoms with Crippen molar-refractivity contribution in [2.24, 2.45) is 17.8 Å². The lowest BCUT2D eigenvalue weighted by atomic mass is 9.84. The Bertz CT molecular complexity index is 960. The Morgan fingerprint density at radius 2 is 2.19 bits per heavy atom. The van der Waals surface area contributed by atoms with Crippen LogP contribution >= 0.6 is 11.3 Å². The van der Waals surface area contributed by atoms with Gasteiger partial charge in [-0.15, -0.1) is 11.3 Å². The quantitative estimate of drug-likeness (QED) is 0.901. The number of fused-ring (bicyclic) bond motifs is 4. The summed E-state index contributed by atoms with van der Waals surface area (Å²) in [4.78, 5) is 31.8. The molecule has 26 heavy (non-hydrogen) atoms. The summed E-state index contributed by atoms with van der Waals surface area (Å²) in [5.41, 5.74) is 0.818. The monoisotopic (exact) mass is 371 g/mol. The first-order valence-corrected chi connectivity index (χ1v) is 10.7. The van der Waals surface area contributed by atoms with Crippen molar-refractivity contribution in [2.75, 3.05) is 0 Å². The lowest BCUT2D eigenvalue weighted by molar-refractivity contribution is 0.0919.